The first-order valence-electron chi connectivity index (χ1n) is 6.78. The van der Waals surface area contributed by atoms with Crippen LogP contribution in [0.4, 0.5) is 0 Å². The highest BCUT2D eigenvalue weighted by atomic mass is 16.5. The van der Waals surface area contributed by atoms with Gasteiger partial charge in [-0.25, -0.2) is 0 Å². The van der Waals surface area contributed by atoms with E-state index in [2.05, 4.69) is 30.4 Å². The Hall–Kier alpha value is -0.910. The number of nitrogens with one attached hydrogen (secondary N) is 1. The first-order chi connectivity index (χ1) is 8.71. The van der Waals surface area contributed by atoms with Crippen molar-refractivity contribution in [2.24, 2.45) is 5.84 Å². The zero-order valence-electron chi connectivity index (χ0n) is 11.8. The Balaban J connectivity index is 2.46. The Morgan fingerprint density at radius 1 is 1.44 bits per heavy atom. The molecular formula is C13H26N4O. The Kier molecular flexibility index (Phi) is 6.93. The number of rotatable bonds is 9. The molecule has 0 spiro atoms. The van der Waals surface area contributed by atoms with E-state index in [4.69, 9.17) is 10.6 Å². The lowest BCUT2D eigenvalue weighted by molar-refractivity contribution is 0.124. The van der Waals surface area contributed by atoms with Crippen LogP contribution >= 0.6 is 0 Å². The van der Waals surface area contributed by atoms with Gasteiger partial charge in [-0.3, -0.25) is 16.0 Å². The lowest BCUT2D eigenvalue weighted by Crippen LogP contribution is -2.38. The minimum atomic E-state index is 0.239. The maximum atomic E-state index is 5.60. The molecule has 0 saturated carbocycles. The van der Waals surface area contributed by atoms with Crippen molar-refractivity contribution in [3.05, 3.63) is 17.5 Å². The topological polar surface area (TPSA) is 65.1 Å². The molecule has 1 rings (SSSR count). The van der Waals surface area contributed by atoms with Gasteiger partial charge < -0.3 is 4.74 Å². The third-order valence-corrected chi connectivity index (χ3v) is 2.94. The van der Waals surface area contributed by atoms with Crippen molar-refractivity contribution in [3.8, 4) is 0 Å². The van der Waals surface area contributed by atoms with Crippen LogP contribution in [0.15, 0.2) is 6.07 Å². The van der Waals surface area contributed by atoms with Crippen molar-refractivity contribution in [3.63, 3.8) is 0 Å². The maximum absolute atomic E-state index is 5.60. The van der Waals surface area contributed by atoms with Crippen LogP contribution in [0, 0.1) is 6.92 Å². The number of hydrazine groups is 1. The second-order valence-corrected chi connectivity index (χ2v) is 4.56. The number of hydrogen-bond acceptors (Lipinski definition) is 4. The fourth-order valence-corrected chi connectivity index (χ4v) is 2.01. The first kappa shape index (κ1) is 15.1. The molecule has 0 aliphatic carbocycles. The number of aryl methyl sites for hydroxylation is 2. The highest BCUT2D eigenvalue weighted by Gasteiger charge is 2.12. The van der Waals surface area contributed by atoms with Gasteiger partial charge in [-0.1, -0.05) is 6.92 Å². The molecule has 0 fully saturated rings. The Bertz CT molecular complexity index is 338. The van der Waals surface area contributed by atoms with Gasteiger partial charge >= 0.3 is 0 Å². The van der Waals surface area contributed by atoms with E-state index in [0.717, 1.165) is 44.7 Å². The van der Waals surface area contributed by atoms with Crippen molar-refractivity contribution >= 4 is 0 Å². The summed E-state index contributed by atoms with van der Waals surface area (Å²) in [6.07, 6.45) is 2.87. The molecule has 0 aliphatic heterocycles. The molecule has 18 heavy (non-hydrogen) atoms. The highest BCUT2D eigenvalue weighted by molar-refractivity contribution is 5.10. The van der Waals surface area contributed by atoms with Crippen molar-refractivity contribution in [1.82, 2.24) is 15.2 Å². The molecule has 1 aromatic heterocycles. The lowest BCUT2D eigenvalue weighted by atomic mass is 10.1. The number of nitrogens with zero attached hydrogens (tertiary/aromatic N) is 2. The van der Waals surface area contributed by atoms with E-state index in [1.807, 2.05) is 11.6 Å². The van der Waals surface area contributed by atoms with E-state index >= 15 is 0 Å². The summed E-state index contributed by atoms with van der Waals surface area (Å²) >= 11 is 0. The van der Waals surface area contributed by atoms with E-state index in [1.165, 1.54) is 5.69 Å². The van der Waals surface area contributed by atoms with Crippen molar-refractivity contribution in [2.75, 3.05) is 13.2 Å². The molecule has 0 aliphatic rings. The van der Waals surface area contributed by atoms with Crippen LogP contribution < -0.4 is 11.3 Å². The summed E-state index contributed by atoms with van der Waals surface area (Å²) in [5.41, 5.74) is 5.16. The lowest BCUT2D eigenvalue weighted by Gasteiger charge is -2.16. The van der Waals surface area contributed by atoms with Gasteiger partial charge in [0.05, 0.1) is 5.69 Å². The molecule has 0 aromatic carbocycles. The van der Waals surface area contributed by atoms with E-state index in [-0.39, 0.29) is 6.04 Å². The average molecular weight is 254 g/mol. The smallest absolute Gasteiger partial charge is 0.0596 e. The predicted octanol–water partition coefficient (Wildman–Crippen LogP) is 1.40. The predicted molar refractivity (Wildman–Crippen MR) is 73.2 cm³/mol. The fraction of sp³-hybridized carbons (Fsp3) is 0.769. The monoisotopic (exact) mass is 254 g/mol. The Morgan fingerprint density at radius 3 is 2.83 bits per heavy atom. The summed E-state index contributed by atoms with van der Waals surface area (Å²) < 4.78 is 7.53. The van der Waals surface area contributed by atoms with Gasteiger partial charge in [-0.2, -0.15) is 5.10 Å². The summed E-state index contributed by atoms with van der Waals surface area (Å²) in [5.74, 6) is 5.60. The molecule has 1 aromatic rings. The second-order valence-electron chi connectivity index (χ2n) is 4.56. The van der Waals surface area contributed by atoms with Crippen LogP contribution in [0.25, 0.3) is 0 Å². The molecule has 0 radical (unpaired) electrons. The third kappa shape index (κ3) is 4.76. The molecule has 0 bridgehead atoms. The van der Waals surface area contributed by atoms with Crippen LogP contribution in [0.1, 0.15) is 38.1 Å². The summed E-state index contributed by atoms with van der Waals surface area (Å²) in [6, 6.07) is 2.36. The fourth-order valence-electron chi connectivity index (χ4n) is 2.01. The molecule has 5 nitrogen and oxygen atoms in total. The van der Waals surface area contributed by atoms with Gasteiger partial charge in [0, 0.05) is 37.9 Å². The number of nitrogens with two attached hydrogens (primary N) is 1. The number of ether oxygens (including phenoxy) is 1. The zero-order valence-corrected chi connectivity index (χ0v) is 11.8. The average Bonchev–Trinajstić information content (AvgIpc) is 2.73. The zero-order chi connectivity index (χ0) is 13.4. The molecule has 5 heteroatoms. The second kappa shape index (κ2) is 8.24. The minimum absolute atomic E-state index is 0.239. The number of aromatic nitrogens is 2. The van der Waals surface area contributed by atoms with Gasteiger partial charge in [-0.05, 0) is 32.8 Å². The summed E-state index contributed by atoms with van der Waals surface area (Å²) in [5, 5.41) is 4.44. The van der Waals surface area contributed by atoms with E-state index in [9.17, 15) is 0 Å². The molecule has 1 heterocycles. The molecule has 104 valence electrons. The summed E-state index contributed by atoms with van der Waals surface area (Å²) in [6.45, 7) is 8.70. The van der Waals surface area contributed by atoms with Crippen LogP contribution in [-0.4, -0.2) is 29.0 Å². The Morgan fingerprint density at radius 2 is 2.22 bits per heavy atom. The largest absolute Gasteiger partial charge is 0.381 e. The molecule has 1 atom stereocenters. The Labute approximate surface area is 110 Å². The highest BCUT2D eigenvalue weighted by Crippen LogP contribution is 2.08. The molecule has 3 N–H and O–H groups in total. The van der Waals surface area contributed by atoms with E-state index in [1.54, 1.807) is 0 Å². The molecular weight excluding hydrogens is 228 g/mol. The SMILES string of the molecule is CCCOCCC(Cc1cc(C)nn1CC)NN. The van der Waals surface area contributed by atoms with Crippen LogP contribution in [0.3, 0.4) is 0 Å². The third-order valence-electron chi connectivity index (χ3n) is 2.94. The van der Waals surface area contributed by atoms with Gasteiger partial charge in [0.25, 0.3) is 0 Å². The standard InChI is InChI=1S/C13H26N4O/c1-4-7-18-8-6-12(15-14)10-13-9-11(3)16-17(13)5-2/h9,12,15H,4-8,10,14H2,1-3H3. The van der Waals surface area contributed by atoms with Crippen molar-refractivity contribution in [1.29, 1.82) is 0 Å². The molecule has 1 unspecified atom stereocenters. The van der Waals surface area contributed by atoms with Crippen LogP contribution in [-0.2, 0) is 17.7 Å². The summed E-state index contributed by atoms with van der Waals surface area (Å²) in [4.78, 5) is 0. The van der Waals surface area contributed by atoms with Gasteiger partial charge in [0.15, 0.2) is 0 Å². The van der Waals surface area contributed by atoms with Crippen molar-refractivity contribution in [2.45, 2.75) is 52.6 Å². The van der Waals surface area contributed by atoms with E-state index < -0.39 is 0 Å². The van der Waals surface area contributed by atoms with Gasteiger partial charge in [0.1, 0.15) is 0 Å². The van der Waals surface area contributed by atoms with Crippen molar-refractivity contribution < 1.29 is 4.74 Å². The van der Waals surface area contributed by atoms with Gasteiger partial charge in [-0.15, -0.1) is 0 Å². The minimum Gasteiger partial charge on any atom is -0.381 e. The van der Waals surface area contributed by atoms with Gasteiger partial charge in [0.2, 0.25) is 0 Å². The first-order valence-corrected chi connectivity index (χ1v) is 6.78. The van der Waals surface area contributed by atoms with Crippen LogP contribution in [0.5, 0.6) is 0 Å². The quantitative estimate of drug-likeness (QED) is 0.397. The summed E-state index contributed by atoms with van der Waals surface area (Å²) in [7, 11) is 0. The molecule has 0 saturated heterocycles. The van der Waals surface area contributed by atoms with E-state index in [0.29, 0.717) is 0 Å². The van der Waals surface area contributed by atoms with Crippen LogP contribution in [0.2, 0.25) is 0 Å². The normalized spacial score (nSPS) is 12.9. The maximum Gasteiger partial charge on any atom is 0.0596 e. The number of hydrogen-bond donors (Lipinski definition) is 2. The molecule has 0 amide bonds.